The molecular weight excluding hydrogens is 352 g/mol. The molecule has 0 radical (unpaired) electrons. The van der Waals surface area contributed by atoms with Crippen LogP contribution >= 0.6 is 0 Å². The van der Waals surface area contributed by atoms with Crippen molar-refractivity contribution in [1.29, 1.82) is 5.26 Å². The molecular formula is C19H18N2O6. The molecule has 8 heteroatoms. The summed E-state index contributed by atoms with van der Waals surface area (Å²) in [5.74, 6) is 0.246. The highest BCUT2D eigenvalue weighted by Gasteiger charge is 2.17. The maximum absolute atomic E-state index is 12.4. The zero-order chi connectivity index (χ0) is 20.0. The highest BCUT2D eigenvalue weighted by atomic mass is 16.5. The van der Waals surface area contributed by atoms with E-state index in [0.717, 1.165) is 0 Å². The first-order chi connectivity index (χ1) is 12.9. The van der Waals surface area contributed by atoms with Gasteiger partial charge in [-0.05, 0) is 25.1 Å². The standard InChI is InChI=1S/C19H18N2O6/c1-11-15(19(23)26-4)9-14(27-11)7-12(10-20)18(22)21-13-5-6-16(24-2)17(8-13)25-3/h5-9H,1-4H3,(H,21,22)/b12-7+. The maximum atomic E-state index is 12.4. The summed E-state index contributed by atoms with van der Waals surface area (Å²) < 4.78 is 20.3. The van der Waals surface area contributed by atoms with E-state index in [9.17, 15) is 14.9 Å². The number of ether oxygens (including phenoxy) is 3. The summed E-state index contributed by atoms with van der Waals surface area (Å²) in [6.07, 6.45) is 1.25. The molecule has 0 unspecified atom stereocenters. The summed E-state index contributed by atoms with van der Waals surface area (Å²) in [4.78, 5) is 24.0. The molecule has 0 aliphatic heterocycles. The second-order valence-corrected chi connectivity index (χ2v) is 5.30. The minimum absolute atomic E-state index is 0.187. The smallest absolute Gasteiger partial charge is 0.341 e. The van der Waals surface area contributed by atoms with Gasteiger partial charge in [0.25, 0.3) is 5.91 Å². The highest BCUT2D eigenvalue weighted by Crippen LogP contribution is 2.30. The van der Waals surface area contributed by atoms with Crippen molar-refractivity contribution in [2.45, 2.75) is 6.92 Å². The van der Waals surface area contributed by atoms with Crippen molar-refractivity contribution in [2.24, 2.45) is 0 Å². The number of amides is 1. The van der Waals surface area contributed by atoms with Gasteiger partial charge in [0, 0.05) is 17.8 Å². The van der Waals surface area contributed by atoms with Gasteiger partial charge in [0.05, 0.1) is 21.3 Å². The molecule has 1 aromatic heterocycles. The van der Waals surface area contributed by atoms with Gasteiger partial charge in [-0.1, -0.05) is 0 Å². The number of hydrogen-bond acceptors (Lipinski definition) is 7. The maximum Gasteiger partial charge on any atom is 0.341 e. The molecule has 0 spiro atoms. The normalized spacial score (nSPS) is 10.7. The van der Waals surface area contributed by atoms with Crippen molar-refractivity contribution < 1.29 is 28.2 Å². The van der Waals surface area contributed by atoms with Crippen LogP contribution in [0, 0.1) is 18.3 Å². The minimum atomic E-state index is -0.640. The molecule has 2 aromatic rings. The molecule has 8 nitrogen and oxygen atoms in total. The number of nitrogens with one attached hydrogen (secondary N) is 1. The first-order valence-electron chi connectivity index (χ1n) is 7.77. The van der Waals surface area contributed by atoms with Crippen molar-refractivity contribution >= 4 is 23.6 Å². The number of carbonyl (C=O) groups is 2. The van der Waals surface area contributed by atoms with Crippen molar-refractivity contribution in [3.63, 3.8) is 0 Å². The van der Waals surface area contributed by atoms with Gasteiger partial charge in [-0.25, -0.2) is 4.79 Å². The van der Waals surface area contributed by atoms with E-state index in [0.29, 0.717) is 22.9 Å². The number of methoxy groups -OCH3 is 3. The number of nitriles is 1. The number of anilines is 1. The van der Waals surface area contributed by atoms with Crippen LogP contribution in [0.4, 0.5) is 5.69 Å². The molecule has 0 saturated carbocycles. The zero-order valence-corrected chi connectivity index (χ0v) is 15.3. The quantitative estimate of drug-likeness (QED) is 0.473. The van der Waals surface area contributed by atoms with Crippen LogP contribution in [-0.2, 0) is 9.53 Å². The average Bonchev–Trinajstić information content (AvgIpc) is 3.05. The number of hydrogen-bond donors (Lipinski definition) is 1. The molecule has 27 heavy (non-hydrogen) atoms. The molecule has 0 fully saturated rings. The van der Waals surface area contributed by atoms with Crippen LogP contribution in [0.15, 0.2) is 34.3 Å². The fourth-order valence-electron chi connectivity index (χ4n) is 2.29. The second-order valence-electron chi connectivity index (χ2n) is 5.30. The van der Waals surface area contributed by atoms with E-state index in [1.165, 1.54) is 33.5 Å². The lowest BCUT2D eigenvalue weighted by atomic mass is 10.2. The van der Waals surface area contributed by atoms with E-state index in [1.54, 1.807) is 25.1 Å². The van der Waals surface area contributed by atoms with Crippen LogP contribution in [0.25, 0.3) is 6.08 Å². The highest BCUT2D eigenvalue weighted by molar-refractivity contribution is 6.09. The fraction of sp³-hybridized carbons (Fsp3) is 0.211. The Morgan fingerprint density at radius 1 is 1.15 bits per heavy atom. The number of carbonyl (C=O) groups excluding carboxylic acids is 2. The van der Waals surface area contributed by atoms with Gasteiger partial charge in [-0.2, -0.15) is 5.26 Å². The first-order valence-corrected chi connectivity index (χ1v) is 7.77. The van der Waals surface area contributed by atoms with Crippen LogP contribution in [0.2, 0.25) is 0 Å². The molecule has 2 rings (SSSR count). The molecule has 1 amide bonds. The van der Waals surface area contributed by atoms with Gasteiger partial charge >= 0.3 is 5.97 Å². The van der Waals surface area contributed by atoms with E-state index in [2.05, 4.69) is 10.1 Å². The molecule has 1 aromatic carbocycles. The van der Waals surface area contributed by atoms with Gasteiger partial charge < -0.3 is 23.9 Å². The number of esters is 1. The summed E-state index contributed by atoms with van der Waals surface area (Å²) in [7, 11) is 4.23. The predicted octanol–water partition coefficient (Wildman–Crippen LogP) is 2.94. The fourth-order valence-corrected chi connectivity index (χ4v) is 2.29. The number of rotatable bonds is 6. The third kappa shape index (κ3) is 4.46. The summed E-state index contributed by atoms with van der Waals surface area (Å²) in [6.45, 7) is 1.58. The van der Waals surface area contributed by atoms with Crippen molar-refractivity contribution in [3.8, 4) is 17.6 Å². The number of furan rings is 1. The Bertz CT molecular complexity index is 936. The topological polar surface area (TPSA) is 111 Å². The first kappa shape index (κ1) is 19.6. The molecule has 0 atom stereocenters. The van der Waals surface area contributed by atoms with Gasteiger partial charge in [-0.15, -0.1) is 0 Å². The van der Waals surface area contributed by atoms with Gasteiger partial charge in [0.2, 0.25) is 0 Å². The van der Waals surface area contributed by atoms with Crippen LogP contribution in [-0.4, -0.2) is 33.2 Å². The van der Waals surface area contributed by atoms with E-state index in [4.69, 9.17) is 13.9 Å². The molecule has 0 bridgehead atoms. The third-order valence-corrected chi connectivity index (χ3v) is 3.64. The molecule has 1 heterocycles. The van der Waals surface area contributed by atoms with Crippen LogP contribution in [0.5, 0.6) is 11.5 Å². The summed E-state index contributed by atoms with van der Waals surface area (Å²) in [5, 5.41) is 11.9. The minimum Gasteiger partial charge on any atom is -0.493 e. The Hall–Kier alpha value is -3.73. The Morgan fingerprint density at radius 3 is 2.44 bits per heavy atom. The van der Waals surface area contributed by atoms with Crippen LogP contribution < -0.4 is 14.8 Å². The average molecular weight is 370 g/mol. The summed E-state index contributed by atoms with van der Waals surface area (Å²) in [6, 6.07) is 8.02. The van der Waals surface area contributed by atoms with Crippen LogP contribution in [0.3, 0.4) is 0 Å². The summed E-state index contributed by atoms with van der Waals surface area (Å²) in [5.41, 5.74) is 0.445. The predicted molar refractivity (Wildman–Crippen MR) is 96.6 cm³/mol. The molecule has 0 aliphatic rings. The monoisotopic (exact) mass is 370 g/mol. The number of benzene rings is 1. The van der Waals surface area contributed by atoms with Gasteiger partial charge in [0.1, 0.15) is 28.7 Å². The lowest BCUT2D eigenvalue weighted by molar-refractivity contribution is -0.112. The van der Waals surface area contributed by atoms with Gasteiger partial charge in [0.15, 0.2) is 11.5 Å². The molecule has 0 saturated heterocycles. The van der Waals surface area contributed by atoms with Crippen molar-refractivity contribution in [2.75, 3.05) is 26.6 Å². The van der Waals surface area contributed by atoms with E-state index in [1.807, 2.05) is 6.07 Å². The van der Waals surface area contributed by atoms with E-state index < -0.39 is 11.9 Å². The van der Waals surface area contributed by atoms with E-state index >= 15 is 0 Å². The SMILES string of the molecule is COC(=O)c1cc(/C=C(\C#N)C(=O)Nc2ccc(OC)c(OC)c2)oc1C. The van der Waals surface area contributed by atoms with E-state index in [-0.39, 0.29) is 16.9 Å². The van der Waals surface area contributed by atoms with Crippen LogP contribution in [0.1, 0.15) is 21.9 Å². The van der Waals surface area contributed by atoms with Crippen molar-refractivity contribution in [1.82, 2.24) is 0 Å². The lowest BCUT2D eigenvalue weighted by Crippen LogP contribution is -2.13. The Balaban J connectivity index is 2.25. The van der Waals surface area contributed by atoms with Crippen molar-refractivity contribution in [3.05, 3.63) is 46.9 Å². The Morgan fingerprint density at radius 2 is 1.85 bits per heavy atom. The summed E-state index contributed by atoms with van der Waals surface area (Å²) >= 11 is 0. The number of nitrogens with zero attached hydrogens (tertiary/aromatic N) is 1. The largest absolute Gasteiger partial charge is 0.493 e. The second kappa shape index (κ2) is 8.58. The Labute approximate surface area is 155 Å². The molecule has 0 aliphatic carbocycles. The number of aryl methyl sites for hydroxylation is 1. The van der Waals surface area contributed by atoms with Gasteiger partial charge in [-0.3, -0.25) is 4.79 Å². The molecule has 1 N–H and O–H groups in total. The Kier molecular flexibility index (Phi) is 6.23. The lowest BCUT2D eigenvalue weighted by Gasteiger charge is -2.10. The molecule has 140 valence electrons. The zero-order valence-electron chi connectivity index (χ0n) is 15.3. The third-order valence-electron chi connectivity index (χ3n) is 3.64.